The number of imidazole rings is 1. The Balaban J connectivity index is 0.00000144. The first-order chi connectivity index (χ1) is 10.3. The van der Waals surface area contributed by atoms with E-state index in [9.17, 15) is 14.9 Å². The van der Waals surface area contributed by atoms with Gasteiger partial charge in [0.25, 0.3) is 0 Å². The van der Waals surface area contributed by atoms with Gasteiger partial charge in [0.15, 0.2) is 12.0 Å². The van der Waals surface area contributed by atoms with Crippen LogP contribution in [0.5, 0.6) is 5.88 Å². The van der Waals surface area contributed by atoms with E-state index in [2.05, 4.69) is 15.0 Å². The molecule has 0 spiro atoms. The van der Waals surface area contributed by atoms with E-state index in [1.807, 2.05) is 13.0 Å². The van der Waals surface area contributed by atoms with Gasteiger partial charge in [-0.1, -0.05) is 6.08 Å². The van der Waals surface area contributed by atoms with E-state index < -0.39 is 26.3 Å². The molecule has 2 aromatic heterocycles. The summed E-state index contributed by atoms with van der Waals surface area (Å²) in [6, 6.07) is -0.158. The van der Waals surface area contributed by atoms with Gasteiger partial charge in [0.05, 0.1) is 26.4 Å². The van der Waals surface area contributed by atoms with Crippen LogP contribution >= 0.6 is 7.94 Å². The van der Waals surface area contributed by atoms with E-state index in [4.69, 9.17) is 9.63 Å². The zero-order chi connectivity index (χ0) is 15.9. The number of rotatable bonds is 4. The van der Waals surface area contributed by atoms with Crippen molar-refractivity contribution in [2.75, 3.05) is 6.35 Å². The number of fused-ring (bicyclic) bond motifs is 1. The van der Waals surface area contributed by atoms with Crippen molar-refractivity contribution in [3.8, 4) is 5.88 Å². The van der Waals surface area contributed by atoms with Crippen LogP contribution in [0, 0.1) is 0 Å². The number of ether oxygens (including phenoxy) is 1. The van der Waals surface area contributed by atoms with Crippen molar-refractivity contribution in [1.82, 2.24) is 19.5 Å². The second-order valence-corrected chi connectivity index (χ2v) is 6.67. The maximum absolute atomic E-state index is 11.6. The predicted octanol–water partition coefficient (Wildman–Crippen LogP) is -7.38. The van der Waals surface area contributed by atoms with Crippen molar-refractivity contribution in [1.29, 1.82) is 0 Å². The molecule has 24 heavy (non-hydrogen) atoms. The van der Waals surface area contributed by atoms with Gasteiger partial charge >= 0.3 is 59.1 Å². The van der Waals surface area contributed by atoms with Gasteiger partial charge in [0.1, 0.15) is 11.8 Å². The zero-order valence-corrected chi connectivity index (χ0v) is 18.5. The number of allylic oxidation sites excluding steroid dienone is 1. The number of nitrogens with zero attached hydrogens (tertiary/aromatic N) is 4. The zero-order valence-electron chi connectivity index (χ0n) is 13.6. The molecule has 2 heterocycles. The SMILES string of the molecule is CC1=C[C@@H](n2cnc3c([O-])ncnc32)C[C@H]1OC[P+]([O-])([O-])O.[Na+].[Na+]. The molecule has 3 rings (SSSR count). The van der Waals surface area contributed by atoms with Gasteiger partial charge in [-0.25, -0.2) is 9.97 Å². The summed E-state index contributed by atoms with van der Waals surface area (Å²) in [7, 11) is -4.45. The van der Waals surface area contributed by atoms with Gasteiger partial charge in [-0.05, 0) is 12.5 Å². The van der Waals surface area contributed by atoms with Crippen LogP contribution in [-0.4, -0.2) is 36.9 Å². The molecule has 0 bridgehead atoms. The third-order valence-electron chi connectivity index (χ3n) is 3.54. The van der Waals surface area contributed by atoms with Crippen LogP contribution in [0.1, 0.15) is 19.4 Å². The van der Waals surface area contributed by atoms with E-state index in [0.29, 0.717) is 12.1 Å². The van der Waals surface area contributed by atoms with E-state index >= 15 is 0 Å². The maximum atomic E-state index is 11.6. The molecular formula is C12H13N4Na2O5P. The van der Waals surface area contributed by atoms with Crippen LogP contribution in [0.25, 0.3) is 11.2 Å². The van der Waals surface area contributed by atoms with Crippen molar-refractivity contribution in [3.63, 3.8) is 0 Å². The van der Waals surface area contributed by atoms with Crippen LogP contribution in [0.3, 0.4) is 0 Å². The van der Waals surface area contributed by atoms with Crippen molar-refractivity contribution in [2.24, 2.45) is 0 Å². The van der Waals surface area contributed by atoms with Crippen LogP contribution in [0.4, 0.5) is 0 Å². The first-order valence-electron chi connectivity index (χ1n) is 6.52. The summed E-state index contributed by atoms with van der Waals surface area (Å²) in [4.78, 5) is 42.0. The summed E-state index contributed by atoms with van der Waals surface area (Å²) < 4.78 is 6.94. The van der Waals surface area contributed by atoms with E-state index in [-0.39, 0.29) is 70.7 Å². The Morgan fingerprint density at radius 1 is 1.33 bits per heavy atom. The summed E-state index contributed by atoms with van der Waals surface area (Å²) in [5.74, 6) is -0.442. The normalized spacial score (nSPS) is 20.4. The fourth-order valence-electron chi connectivity index (χ4n) is 2.53. The third-order valence-corrected chi connectivity index (χ3v) is 4.02. The van der Waals surface area contributed by atoms with Gasteiger partial charge in [-0.3, -0.25) is 9.88 Å². The number of hydrogen-bond acceptors (Lipinski definition) is 8. The molecule has 9 nitrogen and oxygen atoms in total. The number of hydrogen-bond donors (Lipinski definition) is 1. The molecule has 0 unspecified atom stereocenters. The molecule has 0 saturated carbocycles. The molecule has 0 amide bonds. The molecule has 0 radical (unpaired) electrons. The van der Waals surface area contributed by atoms with Crippen molar-refractivity contribution >= 4 is 19.1 Å². The molecule has 1 N–H and O–H groups in total. The number of aromatic nitrogens is 4. The Morgan fingerprint density at radius 3 is 2.71 bits per heavy atom. The molecule has 0 fully saturated rings. The minimum atomic E-state index is -4.45. The minimum Gasteiger partial charge on any atom is -0.857 e. The predicted molar refractivity (Wildman–Crippen MR) is 71.1 cm³/mol. The molecular weight excluding hydrogens is 357 g/mol. The Morgan fingerprint density at radius 2 is 2.04 bits per heavy atom. The van der Waals surface area contributed by atoms with Crippen molar-refractivity contribution in [2.45, 2.75) is 25.5 Å². The standard InChI is InChI=1S/C12H15N4O5P.2Na/c1-7-2-8(3-9(7)21-6-22(18,19)20)16-5-15-10-11(16)13-4-14-12(10)17;;/h2,4-5,8-9H,3,6H2,1H3,(H,13,14,17)(H2,18,19,20);;/q;2*+1/p-2/t8-,9-;;/m1../s1. The molecule has 1 aliphatic rings. The Bertz CT molecular complexity index is 736. The third kappa shape index (κ3) is 4.96. The molecule has 0 saturated heterocycles. The van der Waals surface area contributed by atoms with Crippen LogP contribution in [0.15, 0.2) is 24.3 Å². The molecule has 2 atom stereocenters. The fourth-order valence-corrected chi connectivity index (χ4v) is 2.90. The first-order valence-corrected chi connectivity index (χ1v) is 8.29. The van der Waals surface area contributed by atoms with Crippen LogP contribution in [-0.2, 0) is 4.74 Å². The monoisotopic (exact) mass is 370 g/mol. The summed E-state index contributed by atoms with van der Waals surface area (Å²) >= 11 is 0. The van der Waals surface area contributed by atoms with E-state index in [1.165, 1.54) is 12.7 Å². The average Bonchev–Trinajstić information content (AvgIpc) is 3.00. The summed E-state index contributed by atoms with van der Waals surface area (Å²) in [6.45, 7) is 1.81. The Hall–Kier alpha value is 0.360. The maximum Gasteiger partial charge on any atom is 1.00 e. The van der Waals surface area contributed by atoms with Gasteiger partial charge in [0, 0.05) is 12.3 Å². The minimum absolute atomic E-state index is 0. The smallest absolute Gasteiger partial charge is 0.857 e. The van der Waals surface area contributed by atoms with E-state index in [0.717, 1.165) is 5.57 Å². The second-order valence-electron chi connectivity index (χ2n) is 5.14. The van der Waals surface area contributed by atoms with Gasteiger partial charge in [-0.2, -0.15) is 0 Å². The van der Waals surface area contributed by atoms with Crippen LogP contribution < -0.4 is 74.0 Å². The van der Waals surface area contributed by atoms with Gasteiger partial charge < -0.3 is 24.2 Å². The quantitative estimate of drug-likeness (QED) is 0.318. The summed E-state index contributed by atoms with van der Waals surface area (Å²) in [5.41, 5.74) is 1.46. The van der Waals surface area contributed by atoms with Gasteiger partial charge in [0.2, 0.25) is 0 Å². The van der Waals surface area contributed by atoms with Crippen LogP contribution in [0.2, 0.25) is 0 Å². The fraction of sp³-hybridized carbons (Fsp3) is 0.417. The summed E-state index contributed by atoms with van der Waals surface area (Å²) in [5, 5.41) is 11.6. The molecule has 12 heteroatoms. The molecule has 118 valence electrons. The average molecular weight is 370 g/mol. The molecule has 1 aliphatic carbocycles. The molecule has 0 aromatic carbocycles. The first kappa shape index (κ1) is 22.4. The van der Waals surface area contributed by atoms with E-state index in [1.54, 1.807) is 4.57 Å². The second kappa shape index (κ2) is 8.83. The van der Waals surface area contributed by atoms with Gasteiger partial charge in [-0.15, -0.1) is 0 Å². The largest absolute Gasteiger partial charge is 1.00 e. The molecule has 0 aliphatic heterocycles. The van der Waals surface area contributed by atoms with Crippen molar-refractivity contribution < 1.29 is 83.6 Å². The Labute approximate surface area is 183 Å². The topological polar surface area (TPSA) is 142 Å². The van der Waals surface area contributed by atoms with Crippen molar-refractivity contribution in [3.05, 3.63) is 24.3 Å². The molecule has 2 aromatic rings. The Kier molecular flexibility index (Phi) is 8.25. The summed E-state index contributed by atoms with van der Waals surface area (Å²) in [6.07, 6.45) is 3.89.